The summed E-state index contributed by atoms with van der Waals surface area (Å²) in [6.45, 7) is 7.70. The van der Waals surface area contributed by atoms with E-state index in [9.17, 15) is 13.2 Å². The molecule has 2 rings (SSSR count). The first-order chi connectivity index (χ1) is 12.6. The van der Waals surface area contributed by atoms with Crippen LogP contribution in [0.3, 0.4) is 0 Å². The molecule has 0 radical (unpaired) electrons. The maximum absolute atomic E-state index is 12.9. The van der Waals surface area contributed by atoms with Gasteiger partial charge in [-0.2, -0.15) is 4.31 Å². The first-order valence-electron chi connectivity index (χ1n) is 8.91. The Kier molecular flexibility index (Phi) is 8.19. The number of nitrogens with two attached hydrogens (primary N) is 1. The molecule has 2 aromatic rings. The summed E-state index contributed by atoms with van der Waals surface area (Å²) in [6.07, 6.45) is 0. The summed E-state index contributed by atoms with van der Waals surface area (Å²) in [4.78, 5) is 12.9. The first kappa shape index (κ1) is 24.1. The van der Waals surface area contributed by atoms with Crippen LogP contribution in [0.15, 0.2) is 53.4 Å². The topological polar surface area (TPSA) is 92.5 Å². The van der Waals surface area contributed by atoms with Crippen molar-refractivity contribution < 1.29 is 13.2 Å². The number of halogens is 1. The Labute approximate surface area is 173 Å². The molecule has 0 bridgehead atoms. The normalized spacial score (nSPS) is 13.5. The predicted octanol–water partition coefficient (Wildman–Crippen LogP) is 3.26. The molecule has 1 unspecified atom stereocenters. The predicted molar refractivity (Wildman–Crippen MR) is 115 cm³/mol. The molecule has 0 fully saturated rings. The van der Waals surface area contributed by atoms with E-state index in [2.05, 4.69) is 5.32 Å². The average molecular weight is 426 g/mol. The summed E-state index contributed by atoms with van der Waals surface area (Å²) < 4.78 is 27.1. The number of anilines is 1. The van der Waals surface area contributed by atoms with E-state index in [0.717, 1.165) is 0 Å². The minimum atomic E-state index is -3.63. The summed E-state index contributed by atoms with van der Waals surface area (Å²) in [6, 6.07) is 13.9. The number of amides is 1. The SMILES string of the molecule is CCN(CC)S(=O)(=O)c1cc(NC(=O)C(C)(N)c2ccccc2)ccc1C.Cl. The van der Waals surface area contributed by atoms with Gasteiger partial charge in [0, 0.05) is 18.8 Å². The van der Waals surface area contributed by atoms with E-state index in [0.29, 0.717) is 29.9 Å². The molecule has 1 amide bonds. The van der Waals surface area contributed by atoms with Crippen LogP contribution in [0, 0.1) is 6.92 Å². The van der Waals surface area contributed by atoms with Crippen molar-refractivity contribution in [3.63, 3.8) is 0 Å². The van der Waals surface area contributed by atoms with E-state index in [1.807, 2.05) is 18.2 Å². The van der Waals surface area contributed by atoms with E-state index in [-0.39, 0.29) is 17.3 Å². The van der Waals surface area contributed by atoms with Crippen molar-refractivity contribution in [1.82, 2.24) is 4.31 Å². The van der Waals surface area contributed by atoms with Gasteiger partial charge in [0.15, 0.2) is 0 Å². The Balaban J connectivity index is 0.00000392. The molecular formula is C20H28ClN3O3S. The van der Waals surface area contributed by atoms with Crippen molar-refractivity contribution >= 4 is 34.0 Å². The molecule has 0 saturated carbocycles. The number of carbonyl (C=O) groups excluding carboxylic acids is 1. The lowest BCUT2D eigenvalue weighted by molar-refractivity contribution is -0.120. The number of carbonyl (C=O) groups is 1. The molecule has 0 heterocycles. The van der Waals surface area contributed by atoms with Gasteiger partial charge in [0.25, 0.3) is 0 Å². The Morgan fingerprint density at radius 1 is 1.11 bits per heavy atom. The van der Waals surface area contributed by atoms with Gasteiger partial charge in [-0.1, -0.05) is 50.2 Å². The summed E-state index contributed by atoms with van der Waals surface area (Å²) in [5.41, 5.74) is 6.68. The molecule has 2 aromatic carbocycles. The lowest BCUT2D eigenvalue weighted by Crippen LogP contribution is -2.45. The molecule has 0 aromatic heterocycles. The van der Waals surface area contributed by atoms with Gasteiger partial charge in [0.05, 0.1) is 4.90 Å². The van der Waals surface area contributed by atoms with Crippen LogP contribution in [0.2, 0.25) is 0 Å². The Morgan fingerprint density at radius 2 is 1.68 bits per heavy atom. The lowest BCUT2D eigenvalue weighted by Gasteiger charge is -2.25. The van der Waals surface area contributed by atoms with Gasteiger partial charge in [-0.15, -0.1) is 12.4 Å². The quantitative estimate of drug-likeness (QED) is 0.712. The zero-order valence-corrected chi connectivity index (χ0v) is 18.2. The maximum atomic E-state index is 12.9. The Bertz CT molecular complexity index is 912. The van der Waals surface area contributed by atoms with Gasteiger partial charge in [0.2, 0.25) is 15.9 Å². The van der Waals surface area contributed by atoms with E-state index in [1.165, 1.54) is 10.4 Å². The molecule has 0 aliphatic carbocycles. The number of nitrogens with one attached hydrogen (secondary N) is 1. The zero-order chi connectivity index (χ0) is 20.2. The van der Waals surface area contributed by atoms with Crippen LogP contribution in [-0.4, -0.2) is 31.7 Å². The second-order valence-electron chi connectivity index (χ2n) is 6.59. The van der Waals surface area contributed by atoms with Gasteiger partial charge in [-0.05, 0) is 37.1 Å². The molecule has 28 heavy (non-hydrogen) atoms. The van der Waals surface area contributed by atoms with Gasteiger partial charge in [0.1, 0.15) is 5.54 Å². The van der Waals surface area contributed by atoms with Gasteiger partial charge in [-0.3, -0.25) is 4.79 Å². The van der Waals surface area contributed by atoms with Crippen molar-refractivity contribution in [1.29, 1.82) is 0 Å². The molecule has 6 nitrogen and oxygen atoms in total. The molecule has 0 aliphatic rings. The number of benzene rings is 2. The summed E-state index contributed by atoms with van der Waals surface area (Å²) >= 11 is 0. The molecule has 3 N–H and O–H groups in total. The second kappa shape index (κ2) is 9.52. The van der Waals surface area contributed by atoms with E-state index >= 15 is 0 Å². The highest BCUT2D eigenvalue weighted by molar-refractivity contribution is 7.89. The minimum Gasteiger partial charge on any atom is -0.324 e. The monoisotopic (exact) mass is 425 g/mol. The number of hydrogen-bond acceptors (Lipinski definition) is 4. The van der Waals surface area contributed by atoms with Crippen LogP contribution in [0.25, 0.3) is 0 Å². The Hall–Kier alpha value is -1.93. The Morgan fingerprint density at radius 3 is 2.21 bits per heavy atom. The van der Waals surface area contributed by atoms with Crippen LogP contribution in [-0.2, 0) is 20.4 Å². The van der Waals surface area contributed by atoms with Crippen LogP contribution in [0.1, 0.15) is 31.9 Å². The first-order valence-corrected chi connectivity index (χ1v) is 10.3. The van der Waals surface area contributed by atoms with Crippen molar-refractivity contribution in [2.75, 3.05) is 18.4 Å². The highest BCUT2D eigenvalue weighted by atomic mass is 35.5. The largest absolute Gasteiger partial charge is 0.324 e. The third kappa shape index (κ3) is 4.91. The van der Waals surface area contributed by atoms with Crippen molar-refractivity contribution in [2.45, 2.75) is 38.1 Å². The fraction of sp³-hybridized carbons (Fsp3) is 0.350. The minimum absolute atomic E-state index is 0. The fourth-order valence-corrected chi connectivity index (χ4v) is 4.54. The van der Waals surface area contributed by atoms with Crippen LogP contribution >= 0.6 is 12.4 Å². The van der Waals surface area contributed by atoms with Gasteiger partial charge >= 0.3 is 0 Å². The molecule has 0 saturated heterocycles. The maximum Gasteiger partial charge on any atom is 0.248 e. The highest BCUT2D eigenvalue weighted by Gasteiger charge is 2.31. The number of hydrogen-bond donors (Lipinski definition) is 2. The molecule has 0 aliphatic heterocycles. The molecular weight excluding hydrogens is 398 g/mol. The lowest BCUT2D eigenvalue weighted by atomic mass is 9.92. The average Bonchev–Trinajstić information content (AvgIpc) is 2.64. The zero-order valence-electron chi connectivity index (χ0n) is 16.6. The summed E-state index contributed by atoms with van der Waals surface area (Å²) in [5, 5.41) is 2.75. The standard InChI is InChI=1S/C20H27N3O3S.ClH/c1-5-23(6-2)27(25,26)18-14-17(13-12-15(18)3)22-19(24)20(4,21)16-10-8-7-9-11-16;/h7-14H,5-6,21H2,1-4H3,(H,22,24);1H. The van der Waals surface area contributed by atoms with E-state index in [1.54, 1.807) is 52.0 Å². The third-order valence-electron chi connectivity index (χ3n) is 4.61. The van der Waals surface area contributed by atoms with Crippen LogP contribution < -0.4 is 11.1 Å². The van der Waals surface area contributed by atoms with Crippen molar-refractivity contribution in [3.05, 3.63) is 59.7 Å². The number of sulfonamides is 1. The van der Waals surface area contributed by atoms with E-state index < -0.39 is 21.5 Å². The molecule has 0 spiro atoms. The van der Waals surface area contributed by atoms with Crippen molar-refractivity contribution in [3.8, 4) is 0 Å². The third-order valence-corrected chi connectivity index (χ3v) is 6.81. The molecule has 154 valence electrons. The summed E-state index contributed by atoms with van der Waals surface area (Å²) in [5.74, 6) is -0.413. The highest BCUT2D eigenvalue weighted by Crippen LogP contribution is 2.25. The number of nitrogens with zero attached hydrogens (tertiary/aromatic N) is 1. The van der Waals surface area contributed by atoms with E-state index in [4.69, 9.17) is 5.73 Å². The summed E-state index contributed by atoms with van der Waals surface area (Å²) in [7, 11) is -3.63. The number of aryl methyl sites for hydroxylation is 1. The van der Waals surface area contributed by atoms with Gasteiger partial charge in [-0.25, -0.2) is 8.42 Å². The fourth-order valence-electron chi connectivity index (χ4n) is 2.83. The van der Waals surface area contributed by atoms with Crippen molar-refractivity contribution in [2.24, 2.45) is 5.73 Å². The molecule has 8 heteroatoms. The van der Waals surface area contributed by atoms with Crippen LogP contribution in [0.5, 0.6) is 0 Å². The van der Waals surface area contributed by atoms with Crippen LogP contribution in [0.4, 0.5) is 5.69 Å². The smallest absolute Gasteiger partial charge is 0.248 e. The van der Waals surface area contributed by atoms with Gasteiger partial charge < -0.3 is 11.1 Å². The molecule has 1 atom stereocenters. The number of rotatable bonds is 7. The second-order valence-corrected chi connectivity index (χ2v) is 8.50.